The first-order valence-electron chi connectivity index (χ1n) is 9.83. The molecule has 1 saturated carbocycles. The summed E-state index contributed by atoms with van der Waals surface area (Å²) in [4.78, 5) is 26.5. The lowest BCUT2D eigenvalue weighted by molar-refractivity contribution is -0.134. The van der Waals surface area contributed by atoms with E-state index in [1.54, 1.807) is 0 Å². The summed E-state index contributed by atoms with van der Waals surface area (Å²) in [5.74, 6) is 0.638. The lowest BCUT2D eigenvalue weighted by Gasteiger charge is -2.34. The van der Waals surface area contributed by atoms with E-state index in [0.29, 0.717) is 5.75 Å². The zero-order valence-electron chi connectivity index (χ0n) is 16.5. The van der Waals surface area contributed by atoms with Crippen molar-refractivity contribution in [2.75, 3.05) is 13.2 Å². The first kappa shape index (κ1) is 19.7. The molecule has 1 aromatic rings. The van der Waals surface area contributed by atoms with E-state index in [-0.39, 0.29) is 25.0 Å². The van der Waals surface area contributed by atoms with Crippen LogP contribution in [0.5, 0.6) is 5.75 Å². The van der Waals surface area contributed by atoms with Gasteiger partial charge in [0.25, 0.3) is 5.91 Å². The van der Waals surface area contributed by atoms with Gasteiger partial charge in [0.05, 0.1) is 6.54 Å². The summed E-state index contributed by atoms with van der Waals surface area (Å²) in [5.41, 5.74) is 1.20. The van der Waals surface area contributed by atoms with E-state index in [1.165, 1.54) is 6.42 Å². The minimum atomic E-state index is -0.937. The van der Waals surface area contributed by atoms with Gasteiger partial charge in [0, 0.05) is 0 Å². The number of carbonyl (C=O) groups excluding carboxylic acids is 2. The van der Waals surface area contributed by atoms with E-state index >= 15 is 0 Å². The van der Waals surface area contributed by atoms with Crippen LogP contribution in [0.15, 0.2) is 18.2 Å². The Bertz CT molecular complexity index is 714. The maximum absolute atomic E-state index is 12.9. The Labute approximate surface area is 160 Å². The van der Waals surface area contributed by atoms with Gasteiger partial charge in [-0.25, -0.2) is 4.79 Å². The van der Waals surface area contributed by atoms with E-state index in [0.717, 1.165) is 41.7 Å². The number of nitrogens with zero attached hydrogens (tertiary/aromatic N) is 1. The van der Waals surface area contributed by atoms with Gasteiger partial charge in [-0.1, -0.05) is 31.4 Å². The van der Waals surface area contributed by atoms with Crippen LogP contribution in [0, 0.1) is 19.8 Å². The molecule has 3 amide bonds. The number of carbonyl (C=O) groups is 2. The van der Waals surface area contributed by atoms with Gasteiger partial charge in [0.2, 0.25) is 0 Å². The van der Waals surface area contributed by atoms with Crippen LogP contribution in [0.25, 0.3) is 0 Å². The van der Waals surface area contributed by atoms with Gasteiger partial charge in [-0.2, -0.15) is 0 Å². The highest BCUT2D eigenvalue weighted by molar-refractivity contribution is 6.07. The molecule has 148 valence electrons. The van der Waals surface area contributed by atoms with E-state index < -0.39 is 17.7 Å². The van der Waals surface area contributed by atoms with Gasteiger partial charge in [-0.05, 0) is 56.7 Å². The monoisotopic (exact) mass is 374 g/mol. The molecule has 0 radical (unpaired) electrons. The molecule has 1 aromatic carbocycles. The van der Waals surface area contributed by atoms with Crippen molar-refractivity contribution in [1.29, 1.82) is 0 Å². The number of aliphatic hydroxyl groups excluding tert-OH is 1. The van der Waals surface area contributed by atoms with Gasteiger partial charge in [-0.3, -0.25) is 9.69 Å². The first-order chi connectivity index (χ1) is 12.8. The number of rotatable bonds is 6. The van der Waals surface area contributed by atoms with Crippen LogP contribution in [0.4, 0.5) is 4.79 Å². The summed E-state index contributed by atoms with van der Waals surface area (Å²) < 4.78 is 5.71. The van der Waals surface area contributed by atoms with E-state index in [1.807, 2.05) is 39.0 Å². The maximum Gasteiger partial charge on any atom is 0.325 e. The second kappa shape index (κ2) is 7.89. The second-order valence-electron chi connectivity index (χ2n) is 8.12. The molecule has 1 aliphatic carbocycles. The molecule has 0 bridgehead atoms. The Morgan fingerprint density at radius 3 is 2.67 bits per heavy atom. The van der Waals surface area contributed by atoms with Crippen molar-refractivity contribution in [3.63, 3.8) is 0 Å². The molecule has 27 heavy (non-hydrogen) atoms. The normalized spacial score (nSPS) is 24.8. The van der Waals surface area contributed by atoms with Gasteiger partial charge in [0.15, 0.2) is 0 Å². The number of imide groups is 1. The molecule has 2 aliphatic rings. The largest absolute Gasteiger partial charge is 0.491 e. The number of nitrogens with one attached hydrogen (secondary N) is 1. The lowest BCUT2D eigenvalue weighted by atomic mass is 9.75. The Morgan fingerprint density at radius 1 is 1.26 bits per heavy atom. The van der Waals surface area contributed by atoms with Crippen LogP contribution >= 0.6 is 0 Å². The average Bonchev–Trinajstić information content (AvgIpc) is 2.87. The molecule has 2 unspecified atom stereocenters. The summed E-state index contributed by atoms with van der Waals surface area (Å²) in [6, 6.07) is 5.46. The Balaban J connectivity index is 1.60. The molecule has 1 aliphatic heterocycles. The highest BCUT2D eigenvalue weighted by atomic mass is 16.5. The maximum atomic E-state index is 12.9. The van der Waals surface area contributed by atoms with Gasteiger partial charge in [0.1, 0.15) is 24.0 Å². The first-order valence-corrected chi connectivity index (χ1v) is 9.83. The lowest BCUT2D eigenvalue weighted by Crippen LogP contribution is -2.51. The van der Waals surface area contributed by atoms with Crippen LogP contribution in [-0.2, 0) is 4.79 Å². The summed E-state index contributed by atoms with van der Waals surface area (Å²) >= 11 is 0. The predicted molar refractivity (Wildman–Crippen MR) is 103 cm³/mol. The van der Waals surface area contributed by atoms with Crippen molar-refractivity contribution in [3.8, 4) is 5.75 Å². The SMILES string of the molecule is Cc1ccc(C)c(OCC(O)CN2C(=O)NC(C)(C3CCCCC3)C2=O)c1. The standard InChI is InChI=1S/C21H30N2O4/c1-14-9-10-15(2)18(11-14)27-13-17(24)12-23-19(25)21(3,22-20(23)26)16-7-5-4-6-8-16/h9-11,16-17,24H,4-8,12-13H2,1-3H3,(H,22,26). The van der Waals surface area contributed by atoms with Crippen molar-refractivity contribution < 1.29 is 19.4 Å². The molecule has 6 heteroatoms. The van der Waals surface area contributed by atoms with E-state index in [9.17, 15) is 14.7 Å². The van der Waals surface area contributed by atoms with E-state index in [4.69, 9.17) is 4.74 Å². The highest BCUT2D eigenvalue weighted by Gasteiger charge is 2.52. The van der Waals surface area contributed by atoms with Crippen LogP contribution in [0.3, 0.4) is 0 Å². The smallest absolute Gasteiger partial charge is 0.325 e. The molecule has 2 N–H and O–H groups in total. The quantitative estimate of drug-likeness (QED) is 0.751. The number of aryl methyl sites for hydroxylation is 2. The zero-order valence-corrected chi connectivity index (χ0v) is 16.5. The fourth-order valence-corrected chi connectivity index (χ4v) is 4.15. The minimum absolute atomic E-state index is 0.0293. The zero-order chi connectivity index (χ0) is 19.6. The number of urea groups is 1. The third kappa shape index (κ3) is 4.10. The van der Waals surface area contributed by atoms with Gasteiger partial charge in [-0.15, -0.1) is 0 Å². The molecule has 0 spiro atoms. The predicted octanol–water partition coefficient (Wildman–Crippen LogP) is 2.93. The topological polar surface area (TPSA) is 78.9 Å². The van der Waals surface area contributed by atoms with Crippen molar-refractivity contribution >= 4 is 11.9 Å². The van der Waals surface area contributed by atoms with Crippen molar-refractivity contribution in [2.24, 2.45) is 5.92 Å². The number of β-amino-alcohol motifs (C(OH)–C–C–N with tert-alkyl or cyclic N) is 1. The number of hydrogen-bond acceptors (Lipinski definition) is 4. The van der Waals surface area contributed by atoms with Crippen LogP contribution in [0.1, 0.15) is 50.2 Å². The summed E-state index contributed by atoms with van der Waals surface area (Å²) in [5, 5.41) is 13.2. The fraction of sp³-hybridized carbons (Fsp3) is 0.619. The molecule has 2 fully saturated rings. The van der Waals surface area contributed by atoms with Crippen LogP contribution in [0.2, 0.25) is 0 Å². The number of hydrogen-bond donors (Lipinski definition) is 2. The Hall–Kier alpha value is -2.08. The minimum Gasteiger partial charge on any atom is -0.491 e. The molecule has 0 aromatic heterocycles. The van der Waals surface area contributed by atoms with Crippen LogP contribution < -0.4 is 10.1 Å². The van der Waals surface area contributed by atoms with Crippen molar-refractivity contribution in [2.45, 2.75) is 64.5 Å². The molecule has 1 saturated heterocycles. The summed E-state index contributed by atoms with van der Waals surface area (Å²) in [6.45, 7) is 5.71. The van der Waals surface area contributed by atoms with Gasteiger partial charge >= 0.3 is 6.03 Å². The van der Waals surface area contributed by atoms with Crippen LogP contribution in [-0.4, -0.2) is 46.7 Å². The third-order valence-corrected chi connectivity index (χ3v) is 5.89. The van der Waals surface area contributed by atoms with Gasteiger partial charge < -0.3 is 15.2 Å². The second-order valence-corrected chi connectivity index (χ2v) is 8.12. The number of benzene rings is 1. The molecule has 1 heterocycles. The van der Waals surface area contributed by atoms with E-state index in [2.05, 4.69) is 5.32 Å². The fourth-order valence-electron chi connectivity index (χ4n) is 4.15. The summed E-state index contributed by atoms with van der Waals surface area (Å²) in [6.07, 6.45) is 4.34. The number of ether oxygens (including phenoxy) is 1. The summed E-state index contributed by atoms with van der Waals surface area (Å²) in [7, 11) is 0. The number of aliphatic hydroxyl groups is 1. The molecular formula is C21H30N2O4. The average molecular weight is 374 g/mol. The highest BCUT2D eigenvalue weighted by Crippen LogP contribution is 2.36. The third-order valence-electron chi connectivity index (χ3n) is 5.89. The molecule has 6 nitrogen and oxygen atoms in total. The number of amides is 3. The molecule has 3 rings (SSSR count). The Kier molecular flexibility index (Phi) is 5.75. The Morgan fingerprint density at radius 2 is 1.96 bits per heavy atom. The van der Waals surface area contributed by atoms with Crippen molar-refractivity contribution in [3.05, 3.63) is 29.3 Å². The van der Waals surface area contributed by atoms with Crippen molar-refractivity contribution in [1.82, 2.24) is 10.2 Å². The molecular weight excluding hydrogens is 344 g/mol. The molecule has 2 atom stereocenters.